The molecule has 2 aromatic rings. The van der Waals surface area contributed by atoms with E-state index in [2.05, 4.69) is 12.2 Å². The average molecular weight is 289 g/mol. The minimum atomic E-state index is -0.223. The Balaban J connectivity index is 2.33. The number of rotatable bonds is 3. The molecule has 0 unspecified atom stereocenters. The van der Waals surface area contributed by atoms with Crippen molar-refractivity contribution in [3.63, 3.8) is 0 Å². The summed E-state index contributed by atoms with van der Waals surface area (Å²) in [5, 5.41) is 3.30. The van der Waals surface area contributed by atoms with E-state index in [0.29, 0.717) is 16.3 Å². The third-order valence-electron chi connectivity index (χ3n) is 3.22. The average Bonchev–Trinajstić information content (AvgIpc) is 2.40. The molecule has 0 heterocycles. The van der Waals surface area contributed by atoms with Crippen molar-refractivity contribution in [2.75, 3.05) is 11.1 Å². The molecule has 0 aliphatic heterocycles. The van der Waals surface area contributed by atoms with Gasteiger partial charge in [-0.15, -0.1) is 0 Å². The predicted molar refractivity (Wildman–Crippen MR) is 84.4 cm³/mol. The number of nitrogens with two attached hydrogens (primary N) is 1. The lowest BCUT2D eigenvalue weighted by Gasteiger charge is -2.13. The molecule has 0 aliphatic rings. The van der Waals surface area contributed by atoms with Crippen molar-refractivity contribution in [1.29, 1.82) is 0 Å². The maximum absolute atomic E-state index is 12.3. The number of nitrogens with one attached hydrogen (secondary N) is 1. The minimum Gasteiger partial charge on any atom is -0.399 e. The van der Waals surface area contributed by atoms with Crippen LogP contribution in [0.1, 0.15) is 28.4 Å². The highest BCUT2D eigenvalue weighted by Crippen LogP contribution is 2.24. The summed E-state index contributed by atoms with van der Waals surface area (Å²) < 4.78 is 0. The topological polar surface area (TPSA) is 55.1 Å². The van der Waals surface area contributed by atoms with Crippen LogP contribution >= 0.6 is 11.6 Å². The fourth-order valence-corrected chi connectivity index (χ4v) is 2.37. The highest BCUT2D eigenvalue weighted by Gasteiger charge is 2.13. The molecule has 0 fully saturated rings. The first-order valence-electron chi connectivity index (χ1n) is 6.47. The van der Waals surface area contributed by atoms with Crippen LogP contribution in [0.5, 0.6) is 0 Å². The van der Waals surface area contributed by atoms with Gasteiger partial charge in [0.25, 0.3) is 5.91 Å². The Morgan fingerprint density at radius 3 is 2.70 bits per heavy atom. The molecule has 0 saturated heterocycles. The first-order valence-corrected chi connectivity index (χ1v) is 6.85. The number of nitrogen functional groups attached to an aromatic ring is 1. The van der Waals surface area contributed by atoms with Crippen LogP contribution in [0.2, 0.25) is 5.02 Å². The fourth-order valence-electron chi connectivity index (χ4n) is 2.10. The van der Waals surface area contributed by atoms with Gasteiger partial charge in [0.1, 0.15) is 0 Å². The van der Waals surface area contributed by atoms with Gasteiger partial charge in [0.15, 0.2) is 0 Å². The number of aryl methyl sites for hydroxylation is 2. The third kappa shape index (κ3) is 2.94. The SMILES string of the molecule is CCc1cccc(C)c1NC(=O)c1ccc(N)cc1Cl. The molecular weight excluding hydrogens is 272 g/mol. The van der Waals surface area contributed by atoms with Crippen LogP contribution in [0.3, 0.4) is 0 Å². The molecule has 104 valence electrons. The summed E-state index contributed by atoms with van der Waals surface area (Å²) in [5.74, 6) is -0.223. The second-order valence-electron chi connectivity index (χ2n) is 4.66. The van der Waals surface area contributed by atoms with E-state index in [0.717, 1.165) is 23.2 Å². The summed E-state index contributed by atoms with van der Waals surface area (Å²) in [5.41, 5.74) is 9.58. The van der Waals surface area contributed by atoms with Crippen LogP contribution in [0.4, 0.5) is 11.4 Å². The molecule has 1 amide bonds. The Labute approximate surface area is 123 Å². The van der Waals surface area contributed by atoms with Gasteiger partial charge < -0.3 is 11.1 Å². The van der Waals surface area contributed by atoms with E-state index >= 15 is 0 Å². The van der Waals surface area contributed by atoms with Gasteiger partial charge in [-0.2, -0.15) is 0 Å². The molecule has 0 spiro atoms. The highest BCUT2D eigenvalue weighted by atomic mass is 35.5. The molecule has 0 bridgehead atoms. The second kappa shape index (κ2) is 5.97. The summed E-state index contributed by atoms with van der Waals surface area (Å²) in [6.45, 7) is 4.03. The zero-order valence-electron chi connectivity index (χ0n) is 11.5. The number of halogens is 1. The lowest BCUT2D eigenvalue weighted by Crippen LogP contribution is -2.15. The fraction of sp³-hybridized carbons (Fsp3) is 0.188. The molecule has 0 aromatic heterocycles. The summed E-state index contributed by atoms with van der Waals surface area (Å²) in [4.78, 5) is 12.3. The number of amides is 1. The van der Waals surface area contributed by atoms with Crippen LogP contribution in [-0.2, 0) is 6.42 Å². The Morgan fingerprint density at radius 1 is 1.30 bits per heavy atom. The lowest BCUT2D eigenvalue weighted by molar-refractivity contribution is 0.102. The zero-order chi connectivity index (χ0) is 14.7. The number of carbonyl (C=O) groups is 1. The van der Waals surface area contributed by atoms with Crippen molar-refractivity contribution in [1.82, 2.24) is 0 Å². The van der Waals surface area contributed by atoms with Gasteiger partial charge in [0, 0.05) is 11.4 Å². The molecule has 2 rings (SSSR count). The Bertz CT molecular complexity index is 653. The maximum atomic E-state index is 12.3. The molecule has 2 aromatic carbocycles. The Hall–Kier alpha value is -2.00. The van der Waals surface area contributed by atoms with E-state index < -0.39 is 0 Å². The molecular formula is C16H17ClN2O. The summed E-state index contributed by atoms with van der Waals surface area (Å²) in [6, 6.07) is 10.8. The Morgan fingerprint density at radius 2 is 2.05 bits per heavy atom. The summed E-state index contributed by atoms with van der Waals surface area (Å²) in [6.07, 6.45) is 0.854. The number of hydrogen-bond acceptors (Lipinski definition) is 2. The molecule has 0 saturated carbocycles. The van der Waals surface area contributed by atoms with Gasteiger partial charge in [0.05, 0.1) is 10.6 Å². The molecule has 3 nitrogen and oxygen atoms in total. The predicted octanol–water partition coefficient (Wildman–Crippen LogP) is 4.05. The quantitative estimate of drug-likeness (QED) is 0.837. The van der Waals surface area contributed by atoms with E-state index in [4.69, 9.17) is 17.3 Å². The van der Waals surface area contributed by atoms with E-state index in [1.54, 1.807) is 18.2 Å². The minimum absolute atomic E-state index is 0.223. The van der Waals surface area contributed by atoms with E-state index in [9.17, 15) is 4.79 Å². The van der Waals surface area contributed by atoms with Crippen LogP contribution < -0.4 is 11.1 Å². The van der Waals surface area contributed by atoms with Crippen molar-refractivity contribution in [2.24, 2.45) is 0 Å². The monoisotopic (exact) mass is 288 g/mol. The highest BCUT2D eigenvalue weighted by molar-refractivity contribution is 6.34. The maximum Gasteiger partial charge on any atom is 0.257 e. The van der Waals surface area contributed by atoms with Gasteiger partial charge in [-0.3, -0.25) is 4.79 Å². The van der Waals surface area contributed by atoms with Gasteiger partial charge >= 0.3 is 0 Å². The standard InChI is InChI=1S/C16H17ClN2O/c1-3-11-6-4-5-10(2)15(11)19-16(20)13-8-7-12(18)9-14(13)17/h4-9H,3,18H2,1-2H3,(H,19,20). The first kappa shape index (κ1) is 14.4. The number of carbonyl (C=O) groups excluding carboxylic acids is 1. The smallest absolute Gasteiger partial charge is 0.257 e. The second-order valence-corrected chi connectivity index (χ2v) is 5.06. The van der Waals surface area contributed by atoms with Crippen molar-refractivity contribution < 1.29 is 4.79 Å². The van der Waals surface area contributed by atoms with E-state index in [1.807, 2.05) is 25.1 Å². The summed E-state index contributed by atoms with van der Waals surface area (Å²) in [7, 11) is 0. The Kier molecular flexibility index (Phi) is 4.30. The van der Waals surface area contributed by atoms with Crippen LogP contribution in [0.15, 0.2) is 36.4 Å². The third-order valence-corrected chi connectivity index (χ3v) is 3.53. The molecule has 3 N–H and O–H groups in total. The van der Waals surface area contributed by atoms with Gasteiger partial charge in [-0.25, -0.2) is 0 Å². The first-order chi connectivity index (χ1) is 9.52. The van der Waals surface area contributed by atoms with Crippen LogP contribution in [0.25, 0.3) is 0 Å². The number of hydrogen-bond donors (Lipinski definition) is 2. The molecule has 0 radical (unpaired) electrons. The zero-order valence-corrected chi connectivity index (χ0v) is 12.3. The van der Waals surface area contributed by atoms with Crippen LogP contribution in [-0.4, -0.2) is 5.91 Å². The van der Waals surface area contributed by atoms with E-state index in [-0.39, 0.29) is 5.91 Å². The molecule has 0 aliphatic carbocycles. The number of para-hydroxylation sites is 1. The lowest BCUT2D eigenvalue weighted by atomic mass is 10.1. The van der Waals surface area contributed by atoms with Crippen molar-refractivity contribution in [3.8, 4) is 0 Å². The van der Waals surface area contributed by atoms with Crippen LogP contribution in [0, 0.1) is 6.92 Å². The van der Waals surface area contributed by atoms with Gasteiger partial charge in [-0.1, -0.05) is 36.7 Å². The molecule has 4 heteroatoms. The van der Waals surface area contributed by atoms with Crippen molar-refractivity contribution in [2.45, 2.75) is 20.3 Å². The number of benzene rings is 2. The largest absolute Gasteiger partial charge is 0.399 e. The normalized spacial score (nSPS) is 10.3. The van der Waals surface area contributed by atoms with Crippen molar-refractivity contribution >= 4 is 28.9 Å². The number of anilines is 2. The van der Waals surface area contributed by atoms with Crippen molar-refractivity contribution in [3.05, 3.63) is 58.1 Å². The summed E-state index contributed by atoms with van der Waals surface area (Å²) >= 11 is 6.06. The van der Waals surface area contributed by atoms with Gasteiger partial charge in [0.2, 0.25) is 0 Å². The molecule has 0 atom stereocenters. The van der Waals surface area contributed by atoms with E-state index in [1.165, 1.54) is 0 Å². The van der Waals surface area contributed by atoms with Gasteiger partial charge in [-0.05, 0) is 42.7 Å². The molecule has 20 heavy (non-hydrogen) atoms.